The predicted molar refractivity (Wildman–Crippen MR) is 114 cm³/mol. The summed E-state index contributed by atoms with van der Waals surface area (Å²) in [4.78, 5) is 24.2. The first-order valence-corrected chi connectivity index (χ1v) is 9.80. The molecule has 1 N–H and O–H groups in total. The summed E-state index contributed by atoms with van der Waals surface area (Å²) in [5, 5.41) is 10.5. The zero-order chi connectivity index (χ0) is 23.4. The maximum atomic E-state index is 14.5. The predicted octanol–water partition coefficient (Wildman–Crippen LogP) is 4.59. The van der Waals surface area contributed by atoms with E-state index < -0.39 is 24.3 Å². The highest BCUT2D eigenvalue weighted by Crippen LogP contribution is 2.29. The summed E-state index contributed by atoms with van der Waals surface area (Å²) in [5.41, 5.74) is 0.216. The van der Waals surface area contributed by atoms with Crippen LogP contribution >= 0.6 is 11.6 Å². The van der Waals surface area contributed by atoms with Gasteiger partial charge in [-0.25, -0.2) is 9.18 Å². The monoisotopic (exact) mass is 471 g/mol. The summed E-state index contributed by atoms with van der Waals surface area (Å²) in [7, 11) is 1.21. The van der Waals surface area contributed by atoms with Crippen molar-refractivity contribution in [3.8, 4) is 28.9 Å². The lowest BCUT2D eigenvalue weighted by Crippen LogP contribution is -2.17. The van der Waals surface area contributed by atoms with E-state index in [2.05, 4.69) is 20.3 Å². The number of methoxy groups -OCH3 is 1. The van der Waals surface area contributed by atoms with Crippen molar-refractivity contribution in [2.45, 2.75) is 0 Å². The number of hydrogen-bond donors (Lipinski definition) is 1. The van der Waals surface area contributed by atoms with Crippen molar-refractivity contribution in [3.63, 3.8) is 0 Å². The molecule has 0 aliphatic heterocycles. The Bertz CT molecular complexity index is 1310. The number of nitrogens with zero attached hydrogens (tertiary/aromatic N) is 2. The van der Waals surface area contributed by atoms with Gasteiger partial charge in [0.2, 0.25) is 5.89 Å². The number of furan rings is 1. The standard InChI is InChI=1S/C22H15ClFN3O6/c1-30-19(28)11-32-17-7-5-13(23)10-14(17)20(29)25-16-9-12(4-6-15(16)24)21-26-27-22(33-21)18-3-2-8-31-18/h2-10H,11H2,1H3,(H,25,29). The molecule has 2 aromatic heterocycles. The number of hydrogen-bond acceptors (Lipinski definition) is 8. The van der Waals surface area contributed by atoms with Gasteiger partial charge in [-0.3, -0.25) is 4.79 Å². The van der Waals surface area contributed by atoms with Crippen molar-refractivity contribution >= 4 is 29.2 Å². The van der Waals surface area contributed by atoms with Crippen LogP contribution in [0.2, 0.25) is 5.02 Å². The number of esters is 1. The number of anilines is 1. The molecule has 0 atom stereocenters. The fourth-order valence-corrected chi connectivity index (χ4v) is 2.96. The first-order valence-electron chi connectivity index (χ1n) is 9.42. The Balaban J connectivity index is 1.58. The molecular weight excluding hydrogens is 457 g/mol. The molecule has 0 fully saturated rings. The zero-order valence-corrected chi connectivity index (χ0v) is 17.8. The average molecular weight is 472 g/mol. The number of nitrogens with one attached hydrogen (secondary N) is 1. The SMILES string of the molecule is COC(=O)COc1ccc(Cl)cc1C(=O)Nc1cc(-c2nnc(-c3ccco3)o2)ccc1F. The van der Waals surface area contributed by atoms with Crippen LogP contribution in [-0.2, 0) is 9.53 Å². The van der Waals surface area contributed by atoms with Crippen molar-refractivity contribution in [2.24, 2.45) is 0 Å². The highest BCUT2D eigenvalue weighted by molar-refractivity contribution is 6.31. The van der Waals surface area contributed by atoms with Gasteiger partial charge in [0.25, 0.3) is 11.8 Å². The van der Waals surface area contributed by atoms with Gasteiger partial charge >= 0.3 is 5.97 Å². The molecule has 0 spiro atoms. The molecule has 0 radical (unpaired) electrons. The van der Waals surface area contributed by atoms with E-state index >= 15 is 0 Å². The molecular formula is C22H15ClFN3O6. The Morgan fingerprint density at radius 3 is 2.70 bits per heavy atom. The second-order valence-electron chi connectivity index (χ2n) is 6.54. The number of aromatic nitrogens is 2. The van der Waals surface area contributed by atoms with Gasteiger partial charge in [0.05, 0.1) is 24.6 Å². The second-order valence-corrected chi connectivity index (χ2v) is 6.98. The molecule has 2 heterocycles. The first kappa shape index (κ1) is 22.0. The van der Waals surface area contributed by atoms with Crippen LogP contribution in [0.3, 0.4) is 0 Å². The summed E-state index contributed by atoms with van der Waals surface area (Å²) in [6.07, 6.45) is 1.46. The normalized spacial score (nSPS) is 10.6. The van der Waals surface area contributed by atoms with Gasteiger partial charge in [0.15, 0.2) is 12.4 Å². The number of ether oxygens (including phenoxy) is 2. The average Bonchev–Trinajstić information content (AvgIpc) is 3.51. The van der Waals surface area contributed by atoms with Crippen LogP contribution in [0.1, 0.15) is 10.4 Å². The first-order chi connectivity index (χ1) is 15.9. The van der Waals surface area contributed by atoms with Crippen molar-refractivity contribution < 1.29 is 32.3 Å². The van der Waals surface area contributed by atoms with E-state index in [0.29, 0.717) is 11.3 Å². The van der Waals surface area contributed by atoms with E-state index in [0.717, 1.165) is 6.07 Å². The molecule has 0 aliphatic rings. The summed E-state index contributed by atoms with van der Waals surface area (Å²) < 4.78 is 35.1. The van der Waals surface area contributed by atoms with E-state index in [1.807, 2.05) is 0 Å². The molecule has 9 nitrogen and oxygen atoms in total. The van der Waals surface area contributed by atoms with Crippen molar-refractivity contribution in [1.29, 1.82) is 0 Å². The molecule has 0 aliphatic carbocycles. The van der Waals surface area contributed by atoms with Gasteiger partial charge in [-0.15, -0.1) is 10.2 Å². The highest BCUT2D eigenvalue weighted by Gasteiger charge is 2.19. The molecule has 1 amide bonds. The van der Waals surface area contributed by atoms with Crippen molar-refractivity contribution in [1.82, 2.24) is 10.2 Å². The minimum atomic E-state index is -0.713. The summed E-state index contributed by atoms with van der Waals surface area (Å²) in [6, 6.07) is 11.5. The summed E-state index contributed by atoms with van der Waals surface area (Å²) >= 11 is 6.00. The smallest absolute Gasteiger partial charge is 0.343 e. The van der Waals surface area contributed by atoms with E-state index in [1.54, 1.807) is 12.1 Å². The number of carbonyl (C=O) groups excluding carboxylic acids is 2. The molecule has 0 bridgehead atoms. The molecule has 168 valence electrons. The van der Waals surface area contributed by atoms with Gasteiger partial charge in [-0.2, -0.15) is 0 Å². The summed E-state index contributed by atoms with van der Waals surface area (Å²) in [6.45, 7) is -0.419. The molecule has 4 rings (SSSR count). The fourth-order valence-electron chi connectivity index (χ4n) is 2.78. The van der Waals surface area contributed by atoms with Crippen LogP contribution in [0.4, 0.5) is 10.1 Å². The number of benzene rings is 2. The lowest BCUT2D eigenvalue weighted by atomic mass is 10.1. The lowest BCUT2D eigenvalue weighted by molar-refractivity contribution is -0.142. The second kappa shape index (κ2) is 9.53. The topological polar surface area (TPSA) is 117 Å². The fraction of sp³-hybridized carbons (Fsp3) is 0.0909. The number of carbonyl (C=O) groups is 2. The Labute approximate surface area is 191 Å². The van der Waals surface area contributed by atoms with E-state index in [9.17, 15) is 14.0 Å². The molecule has 11 heteroatoms. The van der Waals surface area contributed by atoms with Crippen LogP contribution in [0, 0.1) is 5.82 Å². The van der Waals surface area contributed by atoms with Gasteiger partial charge in [-0.05, 0) is 48.5 Å². The van der Waals surface area contributed by atoms with Gasteiger partial charge in [0, 0.05) is 10.6 Å². The van der Waals surface area contributed by atoms with E-state index in [1.165, 1.54) is 43.7 Å². The zero-order valence-electron chi connectivity index (χ0n) is 17.0. The Morgan fingerprint density at radius 2 is 1.94 bits per heavy atom. The maximum absolute atomic E-state index is 14.5. The van der Waals surface area contributed by atoms with Crippen LogP contribution in [0.5, 0.6) is 5.75 Å². The number of rotatable bonds is 7. The quantitative estimate of drug-likeness (QED) is 0.389. The van der Waals surface area contributed by atoms with Crippen molar-refractivity contribution in [3.05, 3.63) is 71.2 Å². The highest BCUT2D eigenvalue weighted by atomic mass is 35.5. The molecule has 4 aromatic rings. The molecule has 2 aromatic carbocycles. The van der Waals surface area contributed by atoms with Gasteiger partial charge < -0.3 is 23.6 Å². The van der Waals surface area contributed by atoms with Crippen LogP contribution in [0.15, 0.2) is 63.6 Å². The maximum Gasteiger partial charge on any atom is 0.343 e. The molecule has 0 saturated carbocycles. The van der Waals surface area contributed by atoms with Gasteiger partial charge in [-0.1, -0.05) is 11.6 Å². The minimum Gasteiger partial charge on any atom is -0.481 e. The van der Waals surface area contributed by atoms with Crippen LogP contribution in [0.25, 0.3) is 23.1 Å². The third-order valence-corrected chi connectivity index (χ3v) is 4.61. The number of amides is 1. The third-order valence-electron chi connectivity index (χ3n) is 4.38. The number of halogens is 2. The van der Waals surface area contributed by atoms with Crippen LogP contribution < -0.4 is 10.1 Å². The van der Waals surface area contributed by atoms with Gasteiger partial charge in [0.1, 0.15) is 11.6 Å². The third kappa shape index (κ3) is 5.01. The Kier molecular flexibility index (Phi) is 6.36. The Hall–Kier alpha value is -4.18. The van der Waals surface area contributed by atoms with Crippen molar-refractivity contribution in [2.75, 3.05) is 19.0 Å². The molecule has 0 unspecified atom stereocenters. The minimum absolute atomic E-state index is 0.00546. The largest absolute Gasteiger partial charge is 0.481 e. The molecule has 33 heavy (non-hydrogen) atoms. The Morgan fingerprint density at radius 1 is 1.12 bits per heavy atom. The molecule has 0 saturated heterocycles. The summed E-state index contributed by atoms with van der Waals surface area (Å²) in [5.74, 6) is -1.35. The van der Waals surface area contributed by atoms with E-state index in [-0.39, 0.29) is 33.8 Å². The lowest BCUT2D eigenvalue weighted by Gasteiger charge is -2.12. The van der Waals surface area contributed by atoms with E-state index in [4.69, 9.17) is 25.2 Å². The van der Waals surface area contributed by atoms with Crippen LogP contribution in [-0.4, -0.2) is 35.8 Å².